The predicted octanol–water partition coefficient (Wildman–Crippen LogP) is 1.42. The number of fused-ring (bicyclic) bond motifs is 1. The number of hydrogen-bond acceptors (Lipinski definition) is 4. The van der Waals surface area contributed by atoms with Crippen LogP contribution in [0.2, 0.25) is 0 Å². The summed E-state index contributed by atoms with van der Waals surface area (Å²) in [5.41, 5.74) is 0.393. The second kappa shape index (κ2) is 5.23. The fourth-order valence-corrected chi connectivity index (χ4v) is 2.71. The molecule has 21 heavy (non-hydrogen) atoms. The maximum absolute atomic E-state index is 12.3. The van der Waals surface area contributed by atoms with Crippen LogP contribution in [0.3, 0.4) is 0 Å². The Bertz CT molecular complexity index is 738. The third kappa shape index (κ3) is 2.51. The van der Waals surface area contributed by atoms with Crippen molar-refractivity contribution >= 4 is 5.97 Å². The van der Waals surface area contributed by atoms with Crippen LogP contribution >= 0.6 is 0 Å². The van der Waals surface area contributed by atoms with Crippen LogP contribution in [0, 0.1) is 6.92 Å². The number of hydrogen-bond donors (Lipinski definition) is 1. The number of carbonyl (C=O) groups is 1. The molecule has 3 rings (SSSR count). The number of aromatic nitrogens is 3. The van der Waals surface area contributed by atoms with Gasteiger partial charge in [0.15, 0.2) is 0 Å². The van der Waals surface area contributed by atoms with Crippen LogP contribution in [0.25, 0.3) is 0 Å². The van der Waals surface area contributed by atoms with E-state index in [0.29, 0.717) is 17.9 Å². The minimum atomic E-state index is -1.10. The van der Waals surface area contributed by atoms with Gasteiger partial charge in [-0.2, -0.15) is 5.10 Å². The summed E-state index contributed by atoms with van der Waals surface area (Å²) >= 11 is 0. The largest absolute Gasteiger partial charge is 0.475 e. The lowest BCUT2D eigenvalue weighted by molar-refractivity contribution is 0.0659. The SMILES string of the molecule is Cc1cc(Cn2nc3n(c2=O)CCCCC3)oc1C(=O)O. The van der Waals surface area contributed by atoms with Gasteiger partial charge in [-0.25, -0.2) is 14.3 Å². The summed E-state index contributed by atoms with van der Waals surface area (Å²) in [5, 5.41) is 13.3. The summed E-state index contributed by atoms with van der Waals surface area (Å²) < 4.78 is 8.34. The van der Waals surface area contributed by atoms with Gasteiger partial charge in [-0.05, 0) is 25.8 Å². The summed E-state index contributed by atoms with van der Waals surface area (Å²) in [7, 11) is 0. The number of carboxylic acid groups (broad SMARTS) is 1. The first-order chi connectivity index (χ1) is 10.1. The van der Waals surface area contributed by atoms with Crippen LogP contribution in [-0.4, -0.2) is 25.4 Å². The highest BCUT2D eigenvalue weighted by Crippen LogP contribution is 2.16. The average molecular weight is 291 g/mol. The molecular weight excluding hydrogens is 274 g/mol. The molecule has 2 aromatic heterocycles. The third-order valence-electron chi connectivity index (χ3n) is 3.75. The molecule has 2 aromatic rings. The quantitative estimate of drug-likeness (QED) is 0.923. The standard InChI is InChI=1S/C14H17N3O4/c1-9-7-10(21-12(9)13(18)19)8-17-14(20)16-6-4-2-3-5-11(16)15-17/h7H,2-6,8H2,1H3,(H,18,19). The number of nitrogens with zero attached hydrogens (tertiary/aromatic N) is 3. The van der Waals surface area contributed by atoms with Crippen LogP contribution < -0.4 is 5.69 Å². The Morgan fingerprint density at radius 2 is 2.24 bits per heavy atom. The van der Waals surface area contributed by atoms with E-state index in [1.54, 1.807) is 17.6 Å². The second-order valence-electron chi connectivity index (χ2n) is 5.35. The van der Waals surface area contributed by atoms with E-state index in [0.717, 1.165) is 31.5 Å². The normalized spacial score (nSPS) is 14.7. The summed E-state index contributed by atoms with van der Waals surface area (Å²) in [4.78, 5) is 23.3. The minimum absolute atomic E-state index is 0.0844. The molecular formula is C14H17N3O4. The average Bonchev–Trinajstić information content (AvgIpc) is 2.82. The predicted molar refractivity (Wildman–Crippen MR) is 73.5 cm³/mol. The van der Waals surface area contributed by atoms with Crippen LogP contribution in [0.1, 0.15) is 47.0 Å². The van der Waals surface area contributed by atoms with Gasteiger partial charge in [0.2, 0.25) is 5.76 Å². The molecule has 0 fully saturated rings. The molecule has 0 unspecified atom stereocenters. The van der Waals surface area contributed by atoms with Gasteiger partial charge in [0.1, 0.15) is 18.1 Å². The topological polar surface area (TPSA) is 90.3 Å². The molecule has 1 N–H and O–H groups in total. The van der Waals surface area contributed by atoms with E-state index in [-0.39, 0.29) is 18.0 Å². The lowest BCUT2D eigenvalue weighted by atomic mass is 10.2. The van der Waals surface area contributed by atoms with Crippen molar-refractivity contribution in [2.75, 3.05) is 0 Å². The Morgan fingerprint density at radius 3 is 2.95 bits per heavy atom. The van der Waals surface area contributed by atoms with Crippen molar-refractivity contribution in [2.45, 2.75) is 45.7 Å². The fraction of sp³-hybridized carbons (Fsp3) is 0.500. The van der Waals surface area contributed by atoms with Crippen molar-refractivity contribution in [3.63, 3.8) is 0 Å². The van der Waals surface area contributed by atoms with Gasteiger partial charge in [-0.1, -0.05) is 6.42 Å². The van der Waals surface area contributed by atoms with E-state index < -0.39 is 5.97 Å². The molecule has 112 valence electrons. The second-order valence-corrected chi connectivity index (χ2v) is 5.35. The maximum Gasteiger partial charge on any atom is 0.372 e. The Hall–Kier alpha value is -2.31. The highest BCUT2D eigenvalue weighted by Gasteiger charge is 2.18. The molecule has 0 saturated carbocycles. The van der Waals surface area contributed by atoms with Crippen molar-refractivity contribution in [1.82, 2.24) is 14.3 Å². The fourth-order valence-electron chi connectivity index (χ4n) is 2.71. The minimum Gasteiger partial charge on any atom is -0.475 e. The first-order valence-electron chi connectivity index (χ1n) is 7.05. The number of carboxylic acids is 1. The first kappa shape index (κ1) is 13.7. The molecule has 0 aliphatic carbocycles. The molecule has 3 heterocycles. The van der Waals surface area contributed by atoms with E-state index in [9.17, 15) is 9.59 Å². The van der Waals surface area contributed by atoms with Crippen molar-refractivity contribution in [1.29, 1.82) is 0 Å². The van der Waals surface area contributed by atoms with Gasteiger partial charge in [0, 0.05) is 18.5 Å². The van der Waals surface area contributed by atoms with Gasteiger partial charge in [-0.15, -0.1) is 0 Å². The van der Waals surface area contributed by atoms with Crippen LogP contribution in [-0.2, 0) is 19.5 Å². The van der Waals surface area contributed by atoms with Crippen molar-refractivity contribution < 1.29 is 14.3 Å². The summed E-state index contributed by atoms with van der Waals surface area (Å²) in [6.07, 6.45) is 3.95. The Kier molecular flexibility index (Phi) is 3.40. The summed E-state index contributed by atoms with van der Waals surface area (Å²) in [5.74, 6) is 0.0463. The van der Waals surface area contributed by atoms with Gasteiger partial charge in [-0.3, -0.25) is 4.57 Å². The Balaban J connectivity index is 1.90. The Morgan fingerprint density at radius 1 is 1.43 bits per heavy atom. The zero-order valence-electron chi connectivity index (χ0n) is 11.8. The molecule has 0 saturated heterocycles. The van der Waals surface area contributed by atoms with Gasteiger partial charge < -0.3 is 9.52 Å². The highest BCUT2D eigenvalue weighted by atomic mass is 16.4. The highest BCUT2D eigenvalue weighted by molar-refractivity contribution is 5.86. The monoisotopic (exact) mass is 291 g/mol. The van der Waals surface area contributed by atoms with E-state index in [2.05, 4.69) is 5.10 Å². The van der Waals surface area contributed by atoms with E-state index >= 15 is 0 Å². The molecule has 7 heteroatoms. The maximum atomic E-state index is 12.3. The third-order valence-corrected chi connectivity index (χ3v) is 3.75. The zero-order chi connectivity index (χ0) is 15.0. The number of aromatic carboxylic acids is 1. The van der Waals surface area contributed by atoms with E-state index in [1.807, 2.05) is 0 Å². The van der Waals surface area contributed by atoms with E-state index in [4.69, 9.17) is 9.52 Å². The molecule has 0 spiro atoms. The number of rotatable bonds is 3. The number of aryl methyl sites for hydroxylation is 2. The molecule has 0 atom stereocenters. The van der Waals surface area contributed by atoms with Gasteiger partial charge >= 0.3 is 11.7 Å². The molecule has 0 amide bonds. The summed E-state index contributed by atoms with van der Waals surface area (Å²) in [6, 6.07) is 1.64. The Labute approximate surface area is 120 Å². The van der Waals surface area contributed by atoms with E-state index in [1.165, 1.54) is 4.68 Å². The smallest absolute Gasteiger partial charge is 0.372 e. The first-order valence-corrected chi connectivity index (χ1v) is 7.05. The van der Waals surface area contributed by atoms with Gasteiger partial charge in [0.25, 0.3) is 0 Å². The molecule has 1 aliphatic rings. The van der Waals surface area contributed by atoms with Crippen LogP contribution in [0.15, 0.2) is 15.3 Å². The molecule has 7 nitrogen and oxygen atoms in total. The summed E-state index contributed by atoms with van der Waals surface area (Å²) in [6.45, 7) is 2.53. The van der Waals surface area contributed by atoms with Crippen molar-refractivity contribution in [3.8, 4) is 0 Å². The molecule has 1 aliphatic heterocycles. The van der Waals surface area contributed by atoms with Crippen molar-refractivity contribution in [2.24, 2.45) is 0 Å². The zero-order valence-corrected chi connectivity index (χ0v) is 11.8. The van der Waals surface area contributed by atoms with Crippen molar-refractivity contribution in [3.05, 3.63) is 39.5 Å². The lowest BCUT2D eigenvalue weighted by Crippen LogP contribution is -2.25. The molecule has 0 bridgehead atoms. The lowest BCUT2D eigenvalue weighted by Gasteiger charge is -1.97. The van der Waals surface area contributed by atoms with Crippen LogP contribution in [0.5, 0.6) is 0 Å². The van der Waals surface area contributed by atoms with Gasteiger partial charge in [0.05, 0.1) is 0 Å². The molecule has 0 aromatic carbocycles. The number of furan rings is 1. The molecule has 0 radical (unpaired) electrons. The van der Waals surface area contributed by atoms with Crippen LogP contribution in [0.4, 0.5) is 0 Å².